The Bertz CT molecular complexity index is 694. The van der Waals surface area contributed by atoms with E-state index in [9.17, 15) is 8.42 Å². The van der Waals surface area contributed by atoms with Crippen LogP contribution < -0.4 is 10.0 Å². The Morgan fingerprint density at radius 1 is 1.29 bits per heavy atom. The minimum absolute atomic E-state index is 0.203. The van der Waals surface area contributed by atoms with Gasteiger partial charge in [0.2, 0.25) is 10.0 Å². The molecule has 2 heterocycles. The van der Waals surface area contributed by atoms with Crippen LogP contribution in [0, 0.1) is 0 Å². The Balaban J connectivity index is 1.61. The lowest BCUT2D eigenvalue weighted by Gasteiger charge is -2.04. The molecule has 7 heteroatoms. The normalized spacial score (nSPS) is 15.2. The van der Waals surface area contributed by atoms with Gasteiger partial charge in [-0.25, -0.2) is 13.1 Å². The Kier molecular flexibility index (Phi) is 4.34. The lowest BCUT2D eigenvalue weighted by molar-refractivity contribution is 0.580. The SMILES string of the molecule is O=S(=O)(NCc1ccccn1)c1csc(CNC2CC2)c1. The number of nitrogens with one attached hydrogen (secondary N) is 2. The maximum Gasteiger partial charge on any atom is 0.241 e. The Hall–Kier alpha value is -1.28. The van der Waals surface area contributed by atoms with E-state index in [0.29, 0.717) is 16.6 Å². The highest BCUT2D eigenvalue weighted by molar-refractivity contribution is 7.89. The molecule has 0 atom stereocenters. The van der Waals surface area contributed by atoms with Crippen LogP contribution in [-0.4, -0.2) is 19.4 Å². The topological polar surface area (TPSA) is 71.1 Å². The number of hydrogen-bond donors (Lipinski definition) is 2. The van der Waals surface area contributed by atoms with Gasteiger partial charge in [0.25, 0.3) is 0 Å². The van der Waals surface area contributed by atoms with Crippen molar-refractivity contribution >= 4 is 21.4 Å². The number of thiophene rings is 1. The van der Waals surface area contributed by atoms with Crippen LogP contribution in [0.25, 0.3) is 0 Å². The van der Waals surface area contributed by atoms with Crippen molar-refractivity contribution in [2.45, 2.75) is 36.9 Å². The zero-order valence-corrected chi connectivity index (χ0v) is 13.1. The fourth-order valence-electron chi connectivity index (χ4n) is 1.88. The first kappa shape index (κ1) is 14.6. The molecule has 1 saturated carbocycles. The molecule has 2 aromatic heterocycles. The summed E-state index contributed by atoms with van der Waals surface area (Å²) >= 11 is 1.47. The predicted molar refractivity (Wildman–Crippen MR) is 82.4 cm³/mol. The van der Waals surface area contributed by atoms with E-state index in [4.69, 9.17) is 0 Å². The van der Waals surface area contributed by atoms with E-state index in [-0.39, 0.29) is 6.54 Å². The highest BCUT2D eigenvalue weighted by Crippen LogP contribution is 2.22. The number of hydrogen-bond acceptors (Lipinski definition) is 5. The van der Waals surface area contributed by atoms with Crippen molar-refractivity contribution in [2.24, 2.45) is 0 Å². The summed E-state index contributed by atoms with van der Waals surface area (Å²) in [6.07, 6.45) is 4.10. The van der Waals surface area contributed by atoms with E-state index in [1.54, 1.807) is 29.8 Å². The first-order valence-corrected chi connectivity index (χ1v) is 9.20. The van der Waals surface area contributed by atoms with Gasteiger partial charge in [0.15, 0.2) is 0 Å². The molecule has 0 radical (unpaired) electrons. The summed E-state index contributed by atoms with van der Waals surface area (Å²) in [6.45, 7) is 0.944. The molecule has 2 aromatic rings. The van der Waals surface area contributed by atoms with Gasteiger partial charge in [-0.2, -0.15) is 0 Å². The lowest BCUT2D eigenvalue weighted by atomic mass is 10.4. The second-order valence-corrected chi connectivity index (χ2v) is 7.81. The standard InChI is InChI=1S/C14H17N3O2S2/c18-21(19,17-8-12-3-1-2-6-15-12)14-7-13(20-10-14)9-16-11-4-5-11/h1-3,6-7,10-11,16-17H,4-5,8-9H2. The van der Waals surface area contributed by atoms with Crippen molar-refractivity contribution in [2.75, 3.05) is 0 Å². The summed E-state index contributed by atoms with van der Waals surface area (Å²) in [6, 6.07) is 7.79. The Morgan fingerprint density at radius 2 is 2.14 bits per heavy atom. The second kappa shape index (κ2) is 6.23. The van der Waals surface area contributed by atoms with Crippen molar-refractivity contribution in [3.8, 4) is 0 Å². The molecule has 1 aliphatic carbocycles. The van der Waals surface area contributed by atoms with Gasteiger partial charge < -0.3 is 5.32 Å². The van der Waals surface area contributed by atoms with Gasteiger partial charge in [0.1, 0.15) is 0 Å². The number of nitrogens with zero attached hydrogens (tertiary/aromatic N) is 1. The highest BCUT2D eigenvalue weighted by Gasteiger charge is 2.21. The maximum atomic E-state index is 12.2. The molecule has 112 valence electrons. The third-order valence-electron chi connectivity index (χ3n) is 3.25. The van der Waals surface area contributed by atoms with Crippen LogP contribution in [0.15, 0.2) is 40.7 Å². The van der Waals surface area contributed by atoms with Gasteiger partial charge in [-0.15, -0.1) is 11.3 Å². The van der Waals surface area contributed by atoms with Crippen LogP contribution in [0.5, 0.6) is 0 Å². The number of sulfonamides is 1. The molecule has 0 spiro atoms. The molecule has 3 rings (SSSR count). The van der Waals surface area contributed by atoms with Crippen LogP contribution in [0.3, 0.4) is 0 Å². The van der Waals surface area contributed by atoms with Gasteiger partial charge >= 0.3 is 0 Å². The summed E-state index contributed by atoms with van der Waals surface area (Å²) in [5, 5.41) is 5.07. The minimum Gasteiger partial charge on any atom is -0.309 e. The largest absolute Gasteiger partial charge is 0.309 e. The average molecular weight is 323 g/mol. The maximum absolute atomic E-state index is 12.2. The van der Waals surface area contributed by atoms with Crippen molar-refractivity contribution in [1.29, 1.82) is 0 Å². The predicted octanol–water partition coefficient (Wildman–Crippen LogP) is 1.87. The second-order valence-electron chi connectivity index (χ2n) is 5.05. The molecule has 0 unspecified atom stereocenters. The quantitative estimate of drug-likeness (QED) is 0.816. The molecule has 0 saturated heterocycles. The average Bonchev–Trinajstić information content (AvgIpc) is 3.20. The Morgan fingerprint density at radius 3 is 2.86 bits per heavy atom. The molecule has 0 bridgehead atoms. The Labute approximate surface area is 128 Å². The zero-order valence-electron chi connectivity index (χ0n) is 11.5. The van der Waals surface area contributed by atoms with Crippen LogP contribution in [0.2, 0.25) is 0 Å². The fourth-order valence-corrected chi connectivity index (χ4v) is 4.11. The third-order valence-corrected chi connectivity index (χ3v) is 5.72. The zero-order chi connectivity index (χ0) is 14.7. The summed E-state index contributed by atoms with van der Waals surface area (Å²) in [4.78, 5) is 5.47. The first-order valence-electron chi connectivity index (χ1n) is 6.84. The molecule has 1 aliphatic rings. The molecule has 0 aromatic carbocycles. The van der Waals surface area contributed by atoms with Gasteiger partial charge in [-0.05, 0) is 31.0 Å². The van der Waals surface area contributed by atoms with Crippen LogP contribution in [0.1, 0.15) is 23.4 Å². The molecule has 2 N–H and O–H groups in total. The van der Waals surface area contributed by atoms with Crippen LogP contribution in [0.4, 0.5) is 0 Å². The summed E-state index contributed by atoms with van der Waals surface area (Å²) < 4.78 is 27.0. The van der Waals surface area contributed by atoms with Crippen molar-refractivity contribution < 1.29 is 8.42 Å². The molecular formula is C14H17N3O2S2. The van der Waals surface area contributed by atoms with E-state index in [1.165, 1.54) is 24.2 Å². The highest BCUT2D eigenvalue weighted by atomic mass is 32.2. The summed E-state index contributed by atoms with van der Waals surface area (Å²) in [7, 11) is -3.47. The fraction of sp³-hybridized carbons (Fsp3) is 0.357. The molecule has 21 heavy (non-hydrogen) atoms. The van der Waals surface area contributed by atoms with Crippen LogP contribution in [-0.2, 0) is 23.1 Å². The van der Waals surface area contributed by atoms with Crippen molar-refractivity contribution in [3.63, 3.8) is 0 Å². The lowest BCUT2D eigenvalue weighted by Crippen LogP contribution is -2.23. The number of rotatable bonds is 7. The molecule has 5 nitrogen and oxygen atoms in total. The molecule has 1 fully saturated rings. The van der Waals surface area contributed by atoms with Gasteiger partial charge in [0.05, 0.1) is 17.1 Å². The molecular weight excluding hydrogens is 306 g/mol. The van der Waals surface area contributed by atoms with Crippen molar-refractivity contribution in [3.05, 3.63) is 46.4 Å². The third kappa shape index (κ3) is 4.10. The van der Waals surface area contributed by atoms with E-state index < -0.39 is 10.0 Å². The van der Waals surface area contributed by atoms with E-state index in [2.05, 4.69) is 15.0 Å². The van der Waals surface area contributed by atoms with Gasteiger partial charge in [0, 0.05) is 29.0 Å². The first-order chi connectivity index (χ1) is 10.1. The smallest absolute Gasteiger partial charge is 0.241 e. The van der Waals surface area contributed by atoms with Gasteiger partial charge in [-0.1, -0.05) is 6.07 Å². The number of pyridine rings is 1. The monoisotopic (exact) mass is 323 g/mol. The van der Waals surface area contributed by atoms with Crippen molar-refractivity contribution in [1.82, 2.24) is 15.0 Å². The van der Waals surface area contributed by atoms with Crippen LogP contribution >= 0.6 is 11.3 Å². The van der Waals surface area contributed by atoms with E-state index in [1.807, 2.05) is 6.07 Å². The molecule has 0 aliphatic heterocycles. The number of aromatic nitrogens is 1. The summed E-state index contributed by atoms with van der Waals surface area (Å²) in [5.41, 5.74) is 0.701. The van der Waals surface area contributed by atoms with E-state index in [0.717, 1.165) is 11.4 Å². The minimum atomic E-state index is -3.47. The molecule has 0 amide bonds. The summed E-state index contributed by atoms with van der Waals surface area (Å²) in [5.74, 6) is 0. The van der Waals surface area contributed by atoms with E-state index >= 15 is 0 Å². The van der Waals surface area contributed by atoms with Gasteiger partial charge in [-0.3, -0.25) is 4.98 Å².